The monoisotopic (exact) mass is 304 g/mol. The highest BCUT2D eigenvalue weighted by atomic mass is 16.2. The van der Waals surface area contributed by atoms with Gasteiger partial charge in [0.1, 0.15) is 0 Å². The summed E-state index contributed by atoms with van der Waals surface area (Å²) in [6.07, 6.45) is 14.4. The molecule has 0 bridgehead atoms. The Bertz CT molecular complexity index is 471. The predicted molar refractivity (Wildman–Crippen MR) is 86.3 cm³/mol. The van der Waals surface area contributed by atoms with Crippen LogP contribution in [0.4, 0.5) is 0 Å². The molecule has 1 saturated heterocycles. The van der Waals surface area contributed by atoms with Gasteiger partial charge in [-0.15, -0.1) is 0 Å². The van der Waals surface area contributed by atoms with Crippen LogP contribution >= 0.6 is 0 Å². The first-order valence-electron chi connectivity index (χ1n) is 8.68. The third-order valence-corrected chi connectivity index (χ3v) is 5.64. The molecule has 0 atom stereocenters. The number of nitrogens with two attached hydrogens (primary N) is 1. The molecular weight excluding hydrogens is 276 g/mol. The number of nitrogens with zero attached hydrogens (tertiary/aromatic N) is 3. The number of piperidine rings is 1. The van der Waals surface area contributed by atoms with Crippen molar-refractivity contribution in [1.82, 2.24) is 14.5 Å². The molecule has 2 N–H and O–H groups in total. The molecule has 1 saturated carbocycles. The number of hydrogen-bond donors (Lipinski definition) is 1. The third kappa shape index (κ3) is 3.35. The van der Waals surface area contributed by atoms with Gasteiger partial charge >= 0.3 is 0 Å². The predicted octanol–water partition coefficient (Wildman–Crippen LogP) is 2.35. The van der Waals surface area contributed by atoms with Crippen molar-refractivity contribution < 1.29 is 4.79 Å². The molecule has 0 aromatic carbocycles. The van der Waals surface area contributed by atoms with Crippen LogP contribution in [0.2, 0.25) is 0 Å². The minimum absolute atomic E-state index is 0.0799. The van der Waals surface area contributed by atoms with Gasteiger partial charge in [-0.1, -0.05) is 19.3 Å². The van der Waals surface area contributed by atoms with E-state index in [0.29, 0.717) is 24.9 Å². The van der Waals surface area contributed by atoms with Crippen LogP contribution in [-0.4, -0.2) is 40.0 Å². The van der Waals surface area contributed by atoms with E-state index in [4.69, 9.17) is 5.73 Å². The maximum Gasteiger partial charge on any atom is 0.223 e. The van der Waals surface area contributed by atoms with E-state index in [0.717, 1.165) is 38.8 Å². The molecule has 2 fully saturated rings. The molecule has 1 aliphatic heterocycles. The molecule has 1 amide bonds. The van der Waals surface area contributed by atoms with Crippen LogP contribution in [0.25, 0.3) is 0 Å². The molecule has 5 nitrogen and oxygen atoms in total. The Balaban J connectivity index is 1.53. The molecular formula is C17H28N4O. The first-order valence-corrected chi connectivity index (χ1v) is 8.68. The number of carbonyl (C=O) groups is 1. The van der Waals surface area contributed by atoms with Crippen molar-refractivity contribution in [3.8, 4) is 0 Å². The normalized spacial score (nSPS) is 22.7. The van der Waals surface area contributed by atoms with Crippen LogP contribution in [0.1, 0.15) is 57.4 Å². The van der Waals surface area contributed by atoms with Crippen LogP contribution in [0.5, 0.6) is 0 Å². The van der Waals surface area contributed by atoms with Crippen molar-refractivity contribution >= 4 is 5.91 Å². The zero-order valence-electron chi connectivity index (χ0n) is 13.4. The minimum Gasteiger partial charge on any atom is -0.343 e. The Kier molecular flexibility index (Phi) is 4.81. The molecule has 0 radical (unpaired) electrons. The lowest BCUT2D eigenvalue weighted by Gasteiger charge is -2.39. The van der Waals surface area contributed by atoms with Gasteiger partial charge in [0, 0.05) is 37.9 Å². The van der Waals surface area contributed by atoms with Crippen LogP contribution in [0.15, 0.2) is 18.7 Å². The minimum atomic E-state index is 0.0799. The average Bonchev–Trinajstić information content (AvgIpc) is 3.10. The largest absolute Gasteiger partial charge is 0.343 e. The summed E-state index contributed by atoms with van der Waals surface area (Å²) in [5.74, 6) is 0.316. The lowest BCUT2D eigenvalue weighted by Crippen LogP contribution is -2.43. The highest BCUT2D eigenvalue weighted by Crippen LogP contribution is 2.39. The number of rotatable bonds is 4. The van der Waals surface area contributed by atoms with Gasteiger partial charge in [0.15, 0.2) is 0 Å². The summed E-state index contributed by atoms with van der Waals surface area (Å²) >= 11 is 0. The van der Waals surface area contributed by atoms with Gasteiger partial charge in [-0.3, -0.25) is 4.79 Å². The number of carbonyl (C=O) groups excluding carboxylic acids is 1. The lowest BCUT2D eigenvalue weighted by molar-refractivity contribution is -0.135. The van der Waals surface area contributed by atoms with Crippen LogP contribution < -0.4 is 5.73 Å². The highest BCUT2D eigenvalue weighted by Gasteiger charge is 2.35. The Morgan fingerprint density at radius 1 is 1.23 bits per heavy atom. The second-order valence-electron chi connectivity index (χ2n) is 7.06. The molecule has 3 rings (SSSR count). The highest BCUT2D eigenvalue weighted by molar-refractivity contribution is 5.77. The zero-order valence-corrected chi connectivity index (χ0v) is 13.4. The van der Waals surface area contributed by atoms with E-state index in [1.165, 1.54) is 19.3 Å². The van der Waals surface area contributed by atoms with Crippen LogP contribution in [0, 0.1) is 5.41 Å². The van der Waals surface area contributed by atoms with Crippen molar-refractivity contribution in [2.24, 2.45) is 11.1 Å². The van der Waals surface area contributed by atoms with Gasteiger partial charge in [0.25, 0.3) is 0 Å². The summed E-state index contributed by atoms with van der Waals surface area (Å²) in [7, 11) is 0. The van der Waals surface area contributed by atoms with E-state index in [2.05, 4.69) is 14.5 Å². The summed E-state index contributed by atoms with van der Waals surface area (Å²) in [6, 6.07) is 0.490. The van der Waals surface area contributed by atoms with E-state index >= 15 is 0 Å². The second kappa shape index (κ2) is 6.82. The zero-order chi connectivity index (χ0) is 15.4. The second-order valence-corrected chi connectivity index (χ2v) is 7.06. The lowest BCUT2D eigenvalue weighted by atomic mass is 9.71. The van der Waals surface area contributed by atoms with E-state index in [1.54, 1.807) is 0 Å². The van der Waals surface area contributed by atoms with E-state index in [9.17, 15) is 4.79 Å². The average molecular weight is 304 g/mol. The van der Waals surface area contributed by atoms with Crippen molar-refractivity contribution in [3.05, 3.63) is 18.7 Å². The van der Waals surface area contributed by atoms with Gasteiger partial charge in [-0.25, -0.2) is 4.98 Å². The third-order valence-electron chi connectivity index (χ3n) is 5.64. The van der Waals surface area contributed by atoms with Crippen molar-refractivity contribution in [3.63, 3.8) is 0 Å². The fraction of sp³-hybridized carbons (Fsp3) is 0.765. The summed E-state index contributed by atoms with van der Waals surface area (Å²) in [5.41, 5.74) is 6.10. The molecule has 5 heteroatoms. The van der Waals surface area contributed by atoms with Gasteiger partial charge in [-0.2, -0.15) is 0 Å². The number of hydrogen-bond acceptors (Lipinski definition) is 3. The maximum atomic E-state index is 12.7. The van der Waals surface area contributed by atoms with Gasteiger partial charge in [-0.05, 0) is 37.6 Å². The number of aromatic nitrogens is 2. The summed E-state index contributed by atoms with van der Waals surface area (Å²) in [4.78, 5) is 18.8. The first kappa shape index (κ1) is 15.5. The summed E-state index contributed by atoms with van der Waals surface area (Å²) in [5, 5.41) is 0. The molecule has 2 heterocycles. The van der Waals surface area contributed by atoms with Crippen molar-refractivity contribution in [2.75, 3.05) is 19.6 Å². The quantitative estimate of drug-likeness (QED) is 0.928. The molecule has 0 unspecified atom stereocenters. The fourth-order valence-electron chi connectivity index (χ4n) is 4.09. The Labute approximate surface area is 132 Å². The van der Waals surface area contributed by atoms with Crippen LogP contribution in [0.3, 0.4) is 0 Å². The number of amides is 1. The van der Waals surface area contributed by atoms with Gasteiger partial charge in [0.2, 0.25) is 5.91 Å². The summed E-state index contributed by atoms with van der Waals surface area (Å²) < 4.78 is 2.17. The Morgan fingerprint density at radius 3 is 2.55 bits per heavy atom. The maximum absolute atomic E-state index is 12.7. The molecule has 1 aromatic rings. The summed E-state index contributed by atoms with van der Waals surface area (Å²) in [6.45, 7) is 2.38. The standard InChI is InChI=1S/C17H28N4O/c18-13-17(6-2-1-3-7-17)12-16(22)20-9-4-15(5-10-20)21-11-8-19-14-21/h8,11,14-15H,1-7,9-10,12-13,18H2. The number of imidazole rings is 1. The smallest absolute Gasteiger partial charge is 0.223 e. The van der Waals surface area contributed by atoms with E-state index in [1.807, 2.05) is 18.7 Å². The molecule has 1 aromatic heterocycles. The molecule has 1 aliphatic carbocycles. The topological polar surface area (TPSA) is 64.2 Å². The fourth-order valence-corrected chi connectivity index (χ4v) is 4.09. The first-order chi connectivity index (χ1) is 10.7. The van der Waals surface area contributed by atoms with Gasteiger partial charge < -0.3 is 15.2 Å². The molecule has 22 heavy (non-hydrogen) atoms. The number of likely N-dealkylation sites (tertiary alicyclic amines) is 1. The molecule has 122 valence electrons. The SMILES string of the molecule is NCC1(CC(=O)N2CCC(n3ccnc3)CC2)CCCCC1. The molecule has 2 aliphatic rings. The molecule has 0 spiro atoms. The van der Waals surface area contributed by atoms with Crippen molar-refractivity contribution in [2.45, 2.75) is 57.4 Å². The van der Waals surface area contributed by atoms with Crippen molar-refractivity contribution in [1.29, 1.82) is 0 Å². The van der Waals surface area contributed by atoms with E-state index < -0.39 is 0 Å². The van der Waals surface area contributed by atoms with Crippen LogP contribution in [-0.2, 0) is 4.79 Å². The van der Waals surface area contributed by atoms with Gasteiger partial charge in [0.05, 0.1) is 6.33 Å². The Morgan fingerprint density at radius 2 is 1.95 bits per heavy atom. The Hall–Kier alpha value is -1.36. The van der Waals surface area contributed by atoms with E-state index in [-0.39, 0.29) is 5.41 Å².